The van der Waals surface area contributed by atoms with Crippen LogP contribution in [0.25, 0.3) is 0 Å². The van der Waals surface area contributed by atoms with Gasteiger partial charge < -0.3 is 26.4 Å². The number of hydrogen-bond acceptors (Lipinski definition) is 6. The molecule has 0 spiro atoms. The van der Waals surface area contributed by atoms with Crippen LogP contribution in [0.1, 0.15) is 185 Å². The molecular weight excluding hydrogens is 787 g/mol. The zero-order valence-corrected chi connectivity index (χ0v) is 41.3. The molecule has 4 aliphatic carbocycles. The molecule has 10 heteroatoms. The Balaban J connectivity index is 0.00000561. The molecule has 0 aromatic rings. The van der Waals surface area contributed by atoms with Gasteiger partial charge in [-0.3, -0.25) is 9.59 Å². The summed E-state index contributed by atoms with van der Waals surface area (Å²) in [4.78, 5) is 28.4. The van der Waals surface area contributed by atoms with Crippen LogP contribution in [-0.4, -0.2) is 60.1 Å². The van der Waals surface area contributed by atoms with Crippen LogP contribution in [0.5, 0.6) is 0 Å². The number of nitrogens with one attached hydrogen (secondary N) is 1. The first kappa shape index (κ1) is 55.4. The van der Waals surface area contributed by atoms with E-state index in [4.69, 9.17) is 16.2 Å². The molecule has 0 heterocycles. The fourth-order valence-electron chi connectivity index (χ4n) is 12.0. The number of rotatable bonds is 22. The number of nitrogens with two attached hydrogens (primary N) is 2. The van der Waals surface area contributed by atoms with Crippen LogP contribution in [0.15, 0.2) is 11.6 Å². The highest BCUT2D eigenvalue weighted by molar-refractivity contribution is 5.86. The maximum absolute atomic E-state index is 13.3. The number of ether oxygens (including phenoxy) is 1. The Morgan fingerprint density at radius 1 is 0.862 bits per heavy atom. The summed E-state index contributed by atoms with van der Waals surface area (Å²) in [5.41, 5.74) is 14.2. The number of hydrogen-bond donors (Lipinski definition) is 3. The first-order valence-electron chi connectivity index (χ1n) is 23.2. The topological polar surface area (TPSA) is 111 Å². The lowest BCUT2D eigenvalue weighted by Gasteiger charge is -2.58. The summed E-state index contributed by atoms with van der Waals surface area (Å²) in [5.74, 6) is 5.77. The minimum atomic E-state index is -0.329. The Bertz CT molecular complexity index is 1270. The third kappa shape index (κ3) is 15.4. The molecule has 7 nitrogen and oxygen atoms in total. The molecular formula is C48H91Cl3N4O3. The SMILES string of the molecule is CC[C@H](CC[C@@H](C)C1CCC2C3CC=C4CC(OC(=O)CCCC(=O)N(CCCCNCCC(C)(C)N)CCC(C)(C)N)CCC4(C)C3CCC21C)C(C)C.Cl.Cl.Cl. The number of halogens is 3. The molecule has 0 aliphatic heterocycles. The van der Waals surface area contributed by atoms with Crippen molar-refractivity contribution in [1.29, 1.82) is 0 Å². The quantitative estimate of drug-likeness (QED) is 0.0568. The Morgan fingerprint density at radius 3 is 2.19 bits per heavy atom. The Morgan fingerprint density at radius 2 is 1.55 bits per heavy atom. The van der Waals surface area contributed by atoms with Gasteiger partial charge in [-0.15, -0.1) is 37.2 Å². The van der Waals surface area contributed by atoms with Gasteiger partial charge in [0.15, 0.2) is 0 Å². The van der Waals surface area contributed by atoms with E-state index in [1.54, 1.807) is 5.57 Å². The van der Waals surface area contributed by atoms with Gasteiger partial charge in [0.1, 0.15) is 6.10 Å². The van der Waals surface area contributed by atoms with E-state index in [9.17, 15) is 9.59 Å². The van der Waals surface area contributed by atoms with Crippen LogP contribution in [0.2, 0.25) is 0 Å². The highest BCUT2D eigenvalue weighted by Gasteiger charge is 2.59. The summed E-state index contributed by atoms with van der Waals surface area (Å²) in [6.45, 7) is 26.4. The number of carbonyl (C=O) groups excluding carboxylic acids is 2. The van der Waals surface area contributed by atoms with Gasteiger partial charge in [-0.05, 0) is 177 Å². The number of amides is 1. The Kier molecular flexibility index (Phi) is 23.3. The largest absolute Gasteiger partial charge is 0.462 e. The fourth-order valence-corrected chi connectivity index (χ4v) is 12.0. The molecule has 0 aromatic carbocycles. The van der Waals surface area contributed by atoms with E-state index in [0.29, 0.717) is 31.2 Å². The van der Waals surface area contributed by atoms with Crippen molar-refractivity contribution >= 4 is 49.1 Å². The van der Waals surface area contributed by atoms with E-state index in [1.807, 2.05) is 18.7 Å². The van der Waals surface area contributed by atoms with Gasteiger partial charge in [0, 0.05) is 43.4 Å². The number of carbonyl (C=O) groups is 2. The minimum absolute atomic E-state index is 0. The summed E-state index contributed by atoms with van der Waals surface area (Å²) in [6, 6.07) is 0. The molecule has 3 fully saturated rings. The van der Waals surface area contributed by atoms with E-state index in [-0.39, 0.29) is 71.7 Å². The Labute approximate surface area is 375 Å². The molecule has 0 radical (unpaired) electrons. The van der Waals surface area contributed by atoms with Crippen LogP contribution in [0.4, 0.5) is 0 Å². The maximum atomic E-state index is 13.3. The average Bonchev–Trinajstić information content (AvgIpc) is 3.45. The zero-order chi connectivity index (χ0) is 40.6. The lowest BCUT2D eigenvalue weighted by atomic mass is 9.47. The van der Waals surface area contributed by atoms with E-state index in [1.165, 1.54) is 51.4 Å². The van der Waals surface area contributed by atoms with E-state index in [0.717, 1.165) is 106 Å². The predicted molar refractivity (Wildman–Crippen MR) is 252 cm³/mol. The molecule has 0 saturated heterocycles. The predicted octanol–water partition coefficient (Wildman–Crippen LogP) is 11.5. The van der Waals surface area contributed by atoms with Gasteiger partial charge in [-0.2, -0.15) is 0 Å². The summed E-state index contributed by atoms with van der Waals surface area (Å²) < 4.78 is 6.14. The first-order chi connectivity index (χ1) is 25.8. The number of allylic oxidation sites excluding steroid dienone is 1. The molecule has 3 saturated carbocycles. The third-order valence-corrected chi connectivity index (χ3v) is 15.7. The molecule has 4 aliphatic rings. The van der Waals surface area contributed by atoms with Crippen LogP contribution >= 0.6 is 37.2 Å². The minimum Gasteiger partial charge on any atom is -0.462 e. The van der Waals surface area contributed by atoms with Gasteiger partial charge in [0.25, 0.3) is 0 Å². The molecule has 58 heavy (non-hydrogen) atoms. The van der Waals surface area contributed by atoms with Gasteiger partial charge in [-0.1, -0.05) is 66.0 Å². The molecule has 0 aromatic heterocycles. The second-order valence-corrected chi connectivity index (χ2v) is 21.5. The average molecular weight is 879 g/mol. The standard InChI is InChI=1S/C48H88N4O3.3ClH/c1-11-36(34(2)3)18-17-35(4)40-21-22-41-39-20-19-37-33-38(23-25-47(37,9)42(39)24-26-48(40,41)10)55-44(54)16-14-15-43(53)52(32-28-46(7,8)50)31-13-12-29-51-30-27-45(5,6)49;;;/h19,34-36,38-42,51H,11-18,20-33,49-50H2,1-10H3;3*1H/t35-,36-,38?,39?,40?,41?,42?,47?,48?;;;/m1.../s1. The van der Waals surface area contributed by atoms with E-state index >= 15 is 0 Å². The van der Waals surface area contributed by atoms with Gasteiger partial charge in [-0.25, -0.2) is 0 Å². The first-order valence-corrected chi connectivity index (χ1v) is 23.2. The third-order valence-electron chi connectivity index (χ3n) is 15.7. The zero-order valence-electron chi connectivity index (χ0n) is 38.8. The number of fused-ring (bicyclic) bond motifs is 5. The molecule has 7 unspecified atom stereocenters. The van der Waals surface area contributed by atoms with Gasteiger partial charge >= 0.3 is 5.97 Å². The van der Waals surface area contributed by atoms with E-state index < -0.39 is 0 Å². The number of esters is 1. The normalized spacial score (nSPS) is 29.0. The van der Waals surface area contributed by atoms with Gasteiger partial charge in [0.05, 0.1) is 0 Å². The van der Waals surface area contributed by atoms with Crippen molar-refractivity contribution in [3.63, 3.8) is 0 Å². The second-order valence-electron chi connectivity index (χ2n) is 21.5. The highest BCUT2D eigenvalue weighted by Crippen LogP contribution is 2.67. The van der Waals surface area contributed by atoms with Crippen molar-refractivity contribution in [3.8, 4) is 0 Å². The molecule has 342 valence electrons. The van der Waals surface area contributed by atoms with Crippen molar-refractivity contribution < 1.29 is 14.3 Å². The van der Waals surface area contributed by atoms with Crippen LogP contribution in [0, 0.1) is 52.3 Å². The summed E-state index contributed by atoms with van der Waals surface area (Å²) in [6.07, 6.45) is 21.3. The molecule has 9 atom stereocenters. The van der Waals surface area contributed by atoms with Crippen LogP contribution in [-0.2, 0) is 14.3 Å². The lowest BCUT2D eigenvalue weighted by molar-refractivity contribution is -0.151. The smallest absolute Gasteiger partial charge is 0.306 e. The van der Waals surface area contributed by atoms with Crippen molar-refractivity contribution in [2.45, 2.75) is 202 Å². The molecule has 5 N–H and O–H groups in total. The van der Waals surface area contributed by atoms with Gasteiger partial charge in [0.2, 0.25) is 5.91 Å². The fraction of sp³-hybridized carbons (Fsp3) is 0.917. The van der Waals surface area contributed by atoms with Crippen molar-refractivity contribution in [3.05, 3.63) is 11.6 Å². The molecule has 4 rings (SSSR count). The Hall–Kier alpha value is -0.570. The van der Waals surface area contributed by atoms with Crippen molar-refractivity contribution in [2.24, 2.45) is 63.7 Å². The summed E-state index contributed by atoms with van der Waals surface area (Å²) in [5, 5.41) is 3.48. The van der Waals surface area contributed by atoms with E-state index in [2.05, 4.69) is 66.8 Å². The molecule has 0 bridgehead atoms. The lowest BCUT2D eigenvalue weighted by Crippen LogP contribution is -2.51. The highest BCUT2D eigenvalue weighted by atomic mass is 35.5. The van der Waals surface area contributed by atoms with Crippen LogP contribution in [0.3, 0.4) is 0 Å². The summed E-state index contributed by atoms with van der Waals surface area (Å²) >= 11 is 0. The molecule has 1 amide bonds. The summed E-state index contributed by atoms with van der Waals surface area (Å²) in [7, 11) is 0. The maximum Gasteiger partial charge on any atom is 0.306 e. The van der Waals surface area contributed by atoms with Crippen molar-refractivity contribution in [2.75, 3.05) is 26.2 Å². The second kappa shape index (κ2) is 24.3. The monoisotopic (exact) mass is 877 g/mol. The van der Waals surface area contributed by atoms with Crippen molar-refractivity contribution in [1.82, 2.24) is 10.2 Å². The number of unbranched alkanes of at least 4 members (excludes halogenated alkanes) is 1. The number of nitrogens with zero attached hydrogens (tertiary/aromatic N) is 1. The van der Waals surface area contributed by atoms with Crippen LogP contribution < -0.4 is 16.8 Å².